The quantitative estimate of drug-likeness (QED) is 0.656. The third kappa shape index (κ3) is 7.58. The molecule has 0 fully saturated rings. The van der Waals surface area contributed by atoms with Gasteiger partial charge in [0.05, 0.1) is 21.3 Å². The van der Waals surface area contributed by atoms with Crippen LogP contribution in [0.4, 0.5) is 0 Å². The van der Waals surface area contributed by atoms with Crippen LogP contribution in [0.15, 0.2) is 42.5 Å². The van der Waals surface area contributed by atoms with Gasteiger partial charge in [-0.2, -0.15) is 0 Å². The highest BCUT2D eigenvalue weighted by atomic mass is 16.5. The van der Waals surface area contributed by atoms with Crippen LogP contribution in [0.2, 0.25) is 0 Å². The summed E-state index contributed by atoms with van der Waals surface area (Å²) in [5, 5.41) is 10.5. The molecule has 0 aromatic heterocycles. The maximum atomic E-state index is 8.36. The van der Waals surface area contributed by atoms with E-state index < -0.39 is 0 Å². The van der Waals surface area contributed by atoms with Gasteiger partial charge < -0.3 is 24.6 Å². The van der Waals surface area contributed by atoms with Crippen LogP contribution in [0.1, 0.15) is 18.1 Å². The Kier molecular flexibility index (Phi) is 10.4. The molecule has 0 radical (unpaired) electrons. The third-order valence-corrected chi connectivity index (χ3v) is 4.07. The lowest BCUT2D eigenvalue weighted by molar-refractivity contribution is -0.122. The van der Waals surface area contributed by atoms with E-state index in [1.165, 1.54) is 11.1 Å². The van der Waals surface area contributed by atoms with Crippen LogP contribution >= 0.6 is 0 Å². The average Bonchev–Trinajstić information content (AvgIpc) is 2.68. The van der Waals surface area contributed by atoms with E-state index in [9.17, 15) is 0 Å². The van der Waals surface area contributed by atoms with Gasteiger partial charge in [-0.25, -0.2) is 0 Å². The average molecular weight is 375 g/mol. The molecule has 148 valence electrons. The Balaban J connectivity index is 0.00000114. The molecule has 2 aromatic rings. The van der Waals surface area contributed by atoms with Crippen molar-refractivity contribution in [1.29, 1.82) is 0 Å². The number of ether oxygens (including phenoxy) is 3. The van der Waals surface area contributed by atoms with Crippen molar-refractivity contribution in [3.05, 3.63) is 53.6 Å². The molecule has 6 nitrogen and oxygen atoms in total. The van der Waals surface area contributed by atoms with Gasteiger partial charge in [0.15, 0.2) is 11.5 Å². The van der Waals surface area contributed by atoms with Crippen molar-refractivity contribution in [2.45, 2.75) is 25.8 Å². The number of para-hydroxylation sites is 1. The summed E-state index contributed by atoms with van der Waals surface area (Å²) in [6.07, 6.45) is 1.88. The molecule has 0 bridgehead atoms. The molecule has 2 N–H and O–H groups in total. The molecule has 1 atom stereocenters. The molecule has 0 amide bonds. The molecule has 2 aromatic carbocycles. The van der Waals surface area contributed by atoms with Gasteiger partial charge in [0.2, 0.25) is 0 Å². The predicted molar refractivity (Wildman–Crippen MR) is 106 cm³/mol. The molecule has 0 aliphatic heterocycles. The van der Waals surface area contributed by atoms with E-state index in [1.807, 2.05) is 30.3 Å². The monoisotopic (exact) mass is 375 g/mol. The molecule has 0 heterocycles. The largest absolute Gasteiger partial charge is 0.496 e. The summed E-state index contributed by atoms with van der Waals surface area (Å²) in [4.78, 5) is 8.36. The van der Waals surface area contributed by atoms with Gasteiger partial charge in [-0.1, -0.05) is 24.3 Å². The van der Waals surface area contributed by atoms with E-state index in [0.717, 1.165) is 36.6 Å². The summed E-state index contributed by atoms with van der Waals surface area (Å²) >= 11 is 0. The molecular formula is C21H29NO5. The number of nitrogens with one attached hydrogen (secondary N) is 1. The van der Waals surface area contributed by atoms with Crippen molar-refractivity contribution in [3.8, 4) is 17.2 Å². The van der Waals surface area contributed by atoms with Crippen molar-refractivity contribution in [2.24, 2.45) is 0 Å². The Labute approximate surface area is 161 Å². The highest BCUT2D eigenvalue weighted by Crippen LogP contribution is 2.28. The summed E-state index contributed by atoms with van der Waals surface area (Å²) in [7, 11) is 5.03. The van der Waals surface area contributed by atoms with Gasteiger partial charge in [-0.15, -0.1) is 0 Å². The molecule has 0 aliphatic rings. The maximum Gasteiger partial charge on any atom is 0.290 e. The van der Waals surface area contributed by atoms with E-state index in [-0.39, 0.29) is 6.47 Å². The van der Waals surface area contributed by atoms with Crippen LogP contribution in [0.3, 0.4) is 0 Å². The lowest BCUT2D eigenvalue weighted by atomic mass is 10.1. The van der Waals surface area contributed by atoms with E-state index in [2.05, 4.69) is 24.4 Å². The molecule has 0 saturated heterocycles. The second-order valence-corrected chi connectivity index (χ2v) is 5.92. The first-order chi connectivity index (χ1) is 13.1. The number of benzene rings is 2. The second kappa shape index (κ2) is 12.6. The van der Waals surface area contributed by atoms with Gasteiger partial charge >= 0.3 is 0 Å². The smallest absolute Gasteiger partial charge is 0.290 e. The standard InChI is InChI=1S/C20H27NO3.CH2O2/c1-15(13-16-9-10-19(23-3)20(14-16)24-4)21-12-11-17-7-5-6-8-18(17)22-2;2-1-3/h5-10,14-15,21H,11-13H2,1-4H3;1H,(H,2,3). The predicted octanol–water partition coefficient (Wildman–Crippen LogP) is 3.18. The molecule has 0 spiro atoms. The van der Waals surface area contributed by atoms with Crippen LogP contribution in [0.5, 0.6) is 17.2 Å². The number of rotatable bonds is 9. The first kappa shape index (κ1) is 22.3. The Bertz CT molecular complexity index is 690. The van der Waals surface area contributed by atoms with E-state index in [4.69, 9.17) is 24.1 Å². The van der Waals surface area contributed by atoms with Crippen molar-refractivity contribution < 1.29 is 24.1 Å². The normalized spacial score (nSPS) is 11.0. The minimum Gasteiger partial charge on any atom is -0.496 e. The highest BCUT2D eigenvalue weighted by molar-refractivity contribution is 5.43. The van der Waals surface area contributed by atoms with Gasteiger partial charge in [-0.05, 0) is 55.6 Å². The Morgan fingerprint density at radius 2 is 1.63 bits per heavy atom. The SMILES string of the molecule is COc1ccccc1CCNC(C)Cc1ccc(OC)c(OC)c1.O=CO. The van der Waals surface area contributed by atoms with Gasteiger partial charge in [0.25, 0.3) is 6.47 Å². The molecule has 27 heavy (non-hydrogen) atoms. The van der Waals surface area contributed by atoms with Crippen molar-refractivity contribution in [2.75, 3.05) is 27.9 Å². The number of methoxy groups -OCH3 is 3. The van der Waals surface area contributed by atoms with E-state index in [1.54, 1.807) is 21.3 Å². The van der Waals surface area contributed by atoms with Gasteiger partial charge in [-0.3, -0.25) is 4.79 Å². The van der Waals surface area contributed by atoms with Gasteiger partial charge in [0.1, 0.15) is 5.75 Å². The summed E-state index contributed by atoms with van der Waals surface area (Å²) in [6.45, 7) is 2.85. The Morgan fingerprint density at radius 1 is 1.00 bits per heavy atom. The molecule has 2 rings (SSSR count). The number of hydrogen-bond acceptors (Lipinski definition) is 5. The van der Waals surface area contributed by atoms with Crippen molar-refractivity contribution in [3.63, 3.8) is 0 Å². The van der Waals surface area contributed by atoms with Gasteiger partial charge in [0, 0.05) is 6.04 Å². The zero-order chi connectivity index (χ0) is 20.1. The lowest BCUT2D eigenvalue weighted by Crippen LogP contribution is -2.30. The Hall–Kier alpha value is -2.73. The van der Waals surface area contributed by atoms with Crippen LogP contribution in [-0.2, 0) is 17.6 Å². The van der Waals surface area contributed by atoms with Crippen LogP contribution in [0.25, 0.3) is 0 Å². The zero-order valence-corrected chi connectivity index (χ0v) is 16.4. The van der Waals surface area contributed by atoms with Crippen LogP contribution < -0.4 is 19.5 Å². The van der Waals surface area contributed by atoms with E-state index >= 15 is 0 Å². The fourth-order valence-electron chi connectivity index (χ4n) is 2.80. The maximum absolute atomic E-state index is 8.36. The first-order valence-corrected chi connectivity index (χ1v) is 8.73. The molecular weight excluding hydrogens is 346 g/mol. The van der Waals surface area contributed by atoms with Crippen LogP contribution in [-0.4, -0.2) is 45.5 Å². The summed E-state index contributed by atoms with van der Waals surface area (Å²) in [5.74, 6) is 2.49. The number of carbonyl (C=O) groups is 1. The fraction of sp³-hybridized carbons (Fsp3) is 0.381. The minimum atomic E-state index is -0.250. The second-order valence-electron chi connectivity index (χ2n) is 5.92. The fourth-order valence-corrected chi connectivity index (χ4v) is 2.80. The topological polar surface area (TPSA) is 77.0 Å². The van der Waals surface area contributed by atoms with Crippen molar-refractivity contribution >= 4 is 6.47 Å². The number of hydrogen-bond donors (Lipinski definition) is 2. The Morgan fingerprint density at radius 3 is 2.26 bits per heavy atom. The summed E-state index contributed by atoms with van der Waals surface area (Å²) < 4.78 is 16.0. The molecule has 6 heteroatoms. The third-order valence-electron chi connectivity index (χ3n) is 4.07. The van der Waals surface area contributed by atoms with Crippen LogP contribution in [0, 0.1) is 0 Å². The highest BCUT2D eigenvalue weighted by Gasteiger charge is 2.08. The molecule has 1 unspecified atom stereocenters. The first-order valence-electron chi connectivity index (χ1n) is 8.73. The molecule has 0 aliphatic carbocycles. The summed E-state index contributed by atoms with van der Waals surface area (Å²) in [6, 6.07) is 14.6. The van der Waals surface area contributed by atoms with E-state index in [0.29, 0.717) is 6.04 Å². The minimum absolute atomic E-state index is 0.250. The summed E-state index contributed by atoms with van der Waals surface area (Å²) in [5.41, 5.74) is 2.45. The lowest BCUT2D eigenvalue weighted by Gasteiger charge is -2.16. The zero-order valence-electron chi connectivity index (χ0n) is 16.4. The molecule has 0 saturated carbocycles. The van der Waals surface area contributed by atoms with Crippen molar-refractivity contribution in [1.82, 2.24) is 5.32 Å². The number of carboxylic acid groups (broad SMARTS) is 1.